The van der Waals surface area contributed by atoms with Crippen LogP contribution in [0.2, 0.25) is 0 Å². The van der Waals surface area contributed by atoms with E-state index in [0.717, 1.165) is 23.0 Å². The maximum atomic E-state index is 13.9. The van der Waals surface area contributed by atoms with Gasteiger partial charge in [-0.25, -0.2) is 8.78 Å². The van der Waals surface area contributed by atoms with E-state index in [9.17, 15) is 28.3 Å². The van der Waals surface area contributed by atoms with Crippen LogP contribution in [0.4, 0.5) is 8.78 Å². The number of fused-ring (bicyclic) bond motifs is 1. The van der Waals surface area contributed by atoms with E-state index in [0.29, 0.717) is 6.07 Å². The van der Waals surface area contributed by atoms with Crippen molar-refractivity contribution >= 4 is 11.8 Å². The molecule has 3 N–H and O–H groups in total. The Hall–Kier alpha value is -3.73. The fourth-order valence-electron chi connectivity index (χ4n) is 3.28. The Morgan fingerprint density at radius 3 is 2.67 bits per heavy atom. The monoisotopic (exact) mass is 462 g/mol. The number of likely N-dealkylation sites (N-methyl/N-ethyl adjacent to an activating group) is 1. The van der Waals surface area contributed by atoms with Crippen molar-refractivity contribution < 1.29 is 28.2 Å². The Morgan fingerprint density at radius 2 is 2.00 bits per heavy atom. The molecule has 1 aliphatic heterocycles. The van der Waals surface area contributed by atoms with E-state index >= 15 is 0 Å². The van der Waals surface area contributed by atoms with Gasteiger partial charge in [-0.3, -0.25) is 19.1 Å². The van der Waals surface area contributed by atoms with Crippen LogP contribution < -0.4 is 16.2 Å². The summed E-state index contributed by atoms with van der Waals surface area (Å²) in [4.78, 5) is 39.7. The first-order valence-electron chi connectivity index (χ1n) is 10.1. The average molecular weight is 462 g/mol. The molecule has 2 atom stereocenters. The van der Waals surface area contributed by atoms with Crippen LogP contribution in [-0.2, 0) is 11.3 Å². The van der Waals surface area contributed by atoms with E-state index in [1.165, 1.54) is 19.1 Å². The summed E-state index contributed by atoms with van der Waals surface area (Å²) in [6.45, 7) is 1.63. The third kappa shape index (κ3) is 5.03. The van der Waals surface area contributed by atoms with Crippen LogP contribution in [0, 0.1) is 11.6 Å². The van der Waals surface area contributed by atoms with Gasteiger partial charge in [-0.2, -0.15) is 0 Å². The summed E-state index contributed by atoms with van der Waals surface area (Å²) in [5, 5.41) is 12.9. The smallest absolute Gasteiger partial charge is 0.276 e. The van der Waals surface area contributed by atoms with Crippen LogP contribution >= 0.6 is 0 Å². The Balaban J connectivity index is 2.00. The number of hydrogen-bond donors (Lipinski definition) is 3. The molecule has 176 valence electrons. The molecular weight excluding hydrogens is 438 g/mol. The Kier molecular flexibility index (Phi) is 7.12. The van der Waals surface area contributed by atoms with Gasteiger partial charge in [0, 0.05) is 44.6 Å². The molecule has 9 nitrogen and oxygen atoms in total. The number of rotatable bonds is 5. The zero-order chi connectivity index (χ0) is 24.3. The number of carbonyl (C=O) groups is 2. The van der Waals surface area contributed by atoms with Crippen molar-refractivity contribution in [3.05, 3.63) is 75.2 Å². The van der Waals surface area contributed by atoms with Gasteiger partial charge in [0.15, 0.2) is 11.4 Å². The number of amides is 2. The van der Waals surface area contributed by atoms with Crippen molar-refractivity contribution in [2.45, 2.75) is 25.6 Å². The van der Waals surface area contributed by atoms with E-state index in [2.05, 4.69) is 10.7 Å². The van der Waals surface area contributed by atoms with E-state index in [-0.39, 0.29) is 30.5 Å². The summed E-state index contributed by atoms with van der Waals surface area (Å²) in [5.41, 5.74) is 1.06. The molecule has 1 aromatic heterocycles. The molecular formula is C22H24F2N4O5. The predicted octanol–water partition coefficient (Wildman–Crippen LogP) is 1.35. The van der Waals surface area contributed by atoms with Gasteiger partial charge in [0.2, 0.25) is 5.43 Å². The number of nitrogens with zero attached hydrogens (tertiary/aromatic N) is 2. The van der Waals surface area contributed by atoms with Gasteiger partial charge in [-0.1, -0.05) is 18.2 Å². The number of methoxy groups -OCH3 is 1. The fraction of sp³-hybridized carbons (Fsp3) is 0.318. The summed E-state index contributed by atoms with van der Waals surface area (Å²) in [6.07, 6.45) is 4.62. The second kappa shape index (κ2) is 9.82. The normalized spacial score (nSPS) is 19.1. The highest BCUT2D eigenvalue weighted by Crippen LogP contribution is 2.19. The Morgan fingerprint density at radius 1 is 1.27 bits per heavy atom. The molecule has 0 saturated carbocycles. The largest absolute Gasteiger partial charge is 0.502 e. The summed E-state index contributed by atoms with van der Waals surface area (Å²) >= 11 is 0. The lowest BCUT2D eigenvalue weighted by Gasteiger charge is -2.24. The van der Waals surface area contributed by atoms with Crippen LogP contribution in [-0.4, -0.2) is 59.3 Å². The molecule has 2 aromatic rings. The third-order valence-electron chi connectivity index (χ3n) is 5.29. The SMILES string of the molecule is COC[C@@H]1/C=C\[C@H](C)N(C)C(=O)c2c(O)c(=O)c(C(=O)NCc3ccc(F)cc3F)cn2N1. The molecule has 1 aromatic carbocycles. The van der Waals surface area contributed by atoms with Crippen LogP contribution in [0.15, 0.2) is 41.3 Å². The molecule has 1 aliphatic rings. The molecule has 0 radical (unpaired) electrons. The molecule has 2 heterocycles. The highest BCUT2D eigenvalue weighted by molar-refractivity contribution is 5.98. The molecule has 2 amide bonds. The molecule has 11 heteroatoms. The average Bonchev–Trinajstić information content (AvgIpc) is 2.81. The highest BCUT2D eigenvalue weighted by Gasteiger charge is 2.29. The lowest BCUT2D eigenvalue weighted by molar-refractivity contribution is 0.0755. The molecule has 0 unspecified atom stereocenters. The Bertz CT molecular complexity index is 1160. The number of aromatic hydroxyl groups is 1. The van der Waals surface area contributed by atoms with Gasteiger partial charge in [0.05, 0.1) is 12.6 Å². The summed E-state index contributed by atoms with van der Waals surface area (Å²) in [5.74, 6) is -4.09. The zero-order valence-corrected chi connectivity index (χ0v) is 18.3. The predicted molar refractivity (Wildman–Crippen MR) is 116 cm³/mol. The molecule has 3 rings (SSSR count). The molecule has 33 heavy (non-hydrogen) atoms. The van der Waals surface area contributed by atoms with Gasteiger partial charge in [-0.05, 0) is 13.0 Å². The van der Waals surface area contributed by atoms with Crippen molar-refractivity contribution in [3.8, 4) is 5.75 Å². The summed E-state index contributed by atoms with van der Waals surface area (Å²) in [7, 11) is 3.00. The van der Waals surface area contributed by atoms with Crippen molar-refractivity contribution in [1.82, 2.24) is 14.9 Å². The first kappa shape index (κ1) is 23.9. The molecule has 0 fully saturated rings. The lowest BCUT2D eigenvalue weighted by Crippen LogP contribution is -2.39. The van der Waals surface area contributed by atoms with Crippen molar-refractivity contribution in [1.29, 1.82) is 0 Å². The van der Waals surface area contributed by atoms with E-state index < -0.39 is 46.2 Å². The van der Waals surface area contributed by atoms with Gasteiger partial charge < -0.3 is 25.5 Å². The number of pyridine rings is 1. The fourth-order valence-corrected chi connectivity index (χ4v) is 3.28. The second-order valence-electron chi connectivity index (χ2n) is 7.59. The quantitative estimate of drug-likeness (QED) is 0.579. The third-order valence-corrected chi connectivity index (χ3v) is 5.29. The zero-order valence-electron chi connectivity index (χ0n) is 18.3. The molecule has 0 bridgehead atoms. The Labute approximate surface area is 188 Å². The van der Waals surface area contributed by atoms with Gasteiger partial charge in [0.1, 0.15) is 17.2 Å². The number of aromatic nitrogens is 1. The summed E-state index contributed by atoms with van der Waals surface area (Å²) < 4.78 is 33.2. The van der Waals surface area contributed by atoms with E-state index in [1.54, 1.807) is 19.1 Å². The standard InChI is InChI=1S/C22H24F2N4O5/c1-12-4-7-15(11-33-3)26-28-10-16(19(29)20(30)18(28)22(32)27(12)2)21(31)25-9-13-5-6-14(23)8-17(13)24/h4-8,10,12,15,26,30H,9,11H2,1-3H3,(H,25,31)/b7-4-/t12-,15-/m0/s1. The lowest BCUT2D eigenvalue weighted by atomic mass is 10.1. The molecule has 0 spiro atoms. The molecule has 0 saturated heterocycles. The minimum absolute atomic E-state index is 0.00557. The van der Waals surface area contributed by atoms with Crippen LogP contribution in [0.5, 0.6) is 5.75 Å². The van der Waals surface area contributed by atoms with Gasteiger partial charge in [0.25, 0.3) is 11.8 Å². The maximum absolute atomic E-state index is 13.9. The second-order valence-corrected chi connectivity index (χ2v) is 7.59. The number of hydrogen-bond acceptors (Lipinski definition) is 6. The van der Waals surface area contributed by atoms with Gasteiger partial charge >= 0.3 is 0 Å². The highest BCUT2D eigenvalue weighted by atomic mass is 19.1. The van der Waals surface area contributed by atoms with Crippen LogP contribution in [0.1, 0.15) is 33.3 Å². The number of halogens is 2. The molecule has 0 aliphatic carbocycles. The van der Waals surface area contributed by atoms with Gasteiger partial charge in [-0.15, -0.1) is 0 Å². The summed E-state index contributed by atoms with van der Waals surface area (Å²) in [6, 6.07) is 2.07. The number of carbonyl (C=O) groups excluding carboxylic acids is 2. The first-order valence-corrected chi connectivity index (χ1v) is 10.1. The van der Waals surface area contributed by atoms with Crippen molar-refractivity contribution in [3.63, 3.8) is 0 Å². The van der Waals surface area contributed by atoms with Crippen LogP contribution in [0.25, 0.3) is 0 Å². The maximum Gasteiger partial charge on any atom is 0.276 e. The van der Waals surface area contributed by atoms with Crippen molar-refractivity contribution in [2.75, 3.05) is 26.2 Å². The van der Waals surface area contributed by atoms with Crippen molar-refractivity contribution in [2.24, 2.45) is 0 Å². The number of benzene rings is 1. The van der Waals surface area contributed by atoms with E-state index in [4.69, 9.17) is 4.74 Å². The van der Waals surface area contributed by atoms with E-state index in [1.807, 2.05) is 0 Å². The minimum atomic E-state index is -1.06. The topological polar surface area (TPSA) is 113 Å². The minimum Gasteiger partial charge on any atom is -0.502 e. The first-order chi connectivity index (χ1) is 15.6. The van der Waals surface area contributed by atoms with Crippen LogP contribution in [0.3, 0.4) is 0 Å². The number of nitrogens with one attached hydrogen (secondary N) is 2. The number of ether oxygens (including phenoxy) is 1.